The zero-order valence-corrected chi connectivity index (χ0v) is 16.5. The van der Waals surface area contributed by atoms with Crippen LogP contribution < -0.4 is 5.43 Å². The largest absolute Gasteiger partial charge is 0.272 e. The number of pyridine rings is 1. The van der Waals surface area contributed by atoms with E-state index in [1.807, 2.05) is 73.7 Å². The van der Waals surface area contributed by atoms with E-state index in [4.69, 9.17) is 16.6 Å². The highest BCUT2D eigenvalue weighted by atomic mass is 35.5. The van der Waals surface area contributed by atoms with Gasteiger partial charge >= 0.3 is 0 Å². The van der Waals surface area contributed by atoms with E-state index in [0.717, 1.165) is 27.7 Å². The molecule has 0 atom stereocenters. The summed E-state index contributed by atoms with van der Waals surface area (Å²) in [6, 6.07) is 24.7. The lowest BCUT2D eigenvalue weighted by Gasteiger charge is -2.09. The summed E-state index contributed by atoms with van der Waals surface area (Å²) in [5.74, 6) is -0.305. The molecule has 29 heavy (non-hydrogen) atoms. The van der Waals surface area contributed by atoms with Crippen molar-refractivity contribution >= 4 is 34.6 Å². The van der Waals surface area contributed by atoms with Crippen LogP contribution in [0.15, 0.2) is 84.0 Å². The summed E-state index contributed by atoms with van der Waals surface area (Å²) in [7, 11) is 0. The Balaban J connectivity index is 1.69. The summed E-state index contributed by atoms with van der Waals surface area (Å²) in [4.78, 5) is 17.6. The molecule has 0 radical (unpaired) electrons. The van der Waals surface area contributed by atoms with Crippen LogP contribution in [0.2, 0.25) is 5.02 Å². The maximum absolute atomic E-state index is 12.9. The molecule has 0 saturated heterocycles. The quantitative estimate of drug-likeness (QED) is 0.357. The lowest BCUT2D eigenvalue weighted by molar-refractivity contribution is 0.0956. The average Bonchev–Trinajstić information content (AvgIpc) is 2.74. The highest BCUT2D eigenvalue weighted by Gasteiger charge is 2.13. The topological polar surface area (TPSA) is 54.4 Å². The molecule has 1 heterocycles. The van der Waals surface area contributed by atoms with Crippen LogP contribution in [0.5, 0.6) is 0 Å². The fraction of sp³-hybridized carbons (Fsp3) is 0.0417. The average molecular weight is 400 g/mol. The van der Waals surface area contributed by atoms with Gasteiger partial charge in [-0.2, -0.15) is 5.10 Å². The molecule has 4 rings (SSSR count). The van der Waals surface area contributed by atoms with Crippen molar-refractivity contribution in [1.29, 1.82) is 0 Å². The van der Waals surface area contributed by atoms with Gasteiger partial charge in [-0.1, -0.05) is 77.8 Å². The van der Waals surface area contributed by atoms with Gasteiger partial charge in [-0.15, -0.1) is 0 Å². The van der Waals surface area contributed by atoms with Gasteiger partial charge in [-0.25, -0.2) is 10.4 Å². The van der Waals surface area contributed by atoms with Gasteiger partial charge < -0.3 is 0 Å². The summed E-state index contributed by atoms with van der Waals surface area (Å²) >= 11 is 6.12. The standard InChI is InChI=1S/C24H18ClN3O/c1-16-10-12-17(13-11-16)23-14-20(19-7-3-5-9-22(19)27-23)24(29)28-26-15-18-6-2-4-8-21(18)25/h2-15H,1H3,(H,28,29). The number of carbonyl (C=O) groups excluding carboxylic acids is 1. The molecule has 4 nitrogen and oxygen atoms in total. The number of aromatic nitrogens is 1. The first-order chi connectivity index (χ1) is 14.1. The van der Waals surface area contributed by atoms with Gasteiger partial charge in [0.2, 0.25) is 0 Å². The van der Waals surface area contributed by atoms with Gasteiger partial charge in [0.15, 0.2) is 0 Å². The lowest BCUT2D eigenvalue weighted by atomic mass is 10.0. The number of fused-ring (bicyclic) bond motifs is 1. The minimum atomic E-state index is -0.305. The number of carbonyl (C=O) groups is 1. The maximum atomic E-state index is 12.9. The molecule has 0 aliphatic carbocycles. The Labute approximate surface area is 173 Å². The smallest absolute Gasteiger partial charge is 0.267 e. The van der Waals surface area contributed by atoms with E-state index >= 15 is 0 Å². The number of hydrazone groups is 1. The minimum absolute atomic E-state index is 0.305. The third-order valence-corrected chi connectivity index (χ3v) is 4.93. The SMILES string of the molecule is Cc1ccc(-c2cc(C(=O)NN=Cc3ccccc3Cl)c3ccccc3n2)cc1. The third kappa shape index (κ3) is 4.18. The molecule has 0 aliphatic rings. The zero-order valence-electron chi connectivity index (χ0n) is 15.8. The van der Waals surface area contributed by atoms with Crippen molar-refractivity contribution in [1.82, 2.24) is 10.4 Å². The van der Waals surface area contributed by atoms with Crippen molar-refractivity contribution in [3.05, 3.63) is 101 Å². The van der Waals surface area contributed by atoms with Crippen molar-refractivity contribution < 1.29 is 4.79 Å². The Morgan fingerprint density at radius 2 is 1.72 bits per heavy atom. The summed E-state index contributed by atoms with van der Waals surface area (Å²) in [5.41, 5.74) is 7.46. The molecule has 1 amide bonds. The van der Waals surface area contributed by atoms with E-state index in [-0.39, 0.29) is 5.91 Å². The molecular weight excluding hydrogens is 382 g/mol. The number of benzene rings is 3. The fourth-order valence-corrected chi connectivity index (χ4v) is 3.22. The first-order valence-corrected chi connectivity index (χ1v) is 9.54. The Bertz CT molecular complexity index is 1220. The van der Waals surface area contributed by atoms with Crippen LogP contribution in [0.25, 0.3) is 22.2 Å². The van der Waals surface area contributed by atoms with E-state index in [1.165, 1.54) is 11.8 Å². The maximum Gasteiger partial charge on any atom is 0.272 e. The predicted octanol–water partition coefficient (Wildman–Crippen LogP) is 5.63. The Hall–Kier alpha value is -3.50. The van der Waals surface area contributed by atoms with Crippen molar-refractivity contribution in [3.8, 4) is 11.3 Å². The molecule has 4 aromatic rings. The van der Waals surface area contributed by atoms with Gasteiger partial charge in [0.05, 0.1) is 23.0 Å². The number of rotatable bonds is 4. The zero-order chi connectivity index (χ0) is 20.2. The second kappa shape index (κ2) is 8.25. The minimum Gasteiger partial charge on any atom is -0.267 e. The molecule has 1 aromatic heterocycles. The predicted molar refractivity (Wildman–Crippen MR) is 118 cm³/mol. The van der Waals surface area contributed by atoms with Gasteiger partial charge in [0.1, 0.15) is 0 Å². The number of nitrogens with one attached hydrogen (secondary N) is 1. The van der Waals surface area contributed by atoms with Crippen LogP contribution in [0.3, 0.4) is 0 Å². The monoisotopic (exact) mass is 399 g/mol. The fourth-order valence-electron chi connectivity index (χ4n) is 3.04. The van der Waals surface area contributed by atoms with Gasteiger partial charge in [0.25, 0.3) is 5.91 Å². The van der Waals surface area contributed by atoms with Gasteiger partial charge in [-0.3, -0.25) is 4.79 Å². The molecule has 1 N–H and O–H groups in total. The van der Waals surface area contributed by atoms with E-state index < -0.39 is 0 Å². The van der Waals surface area contributed by atoms with E-state index in [9.17, 15) is 4.79 Å². The molecule has 0 aliphatic heterocycles. The highest BCUT2D eigenvalue weighted by molar-refractivity contribution is 6.33. The number of amides is 1. The first kappa shape index (κ1) is 18.8. The van der Waals surface area contributed by atoms with Crippen molar-refractivity contribution in [2.24, 2.45) is 5.10 Å². The van der Waals surface area contributed by atoms with Crippen molar-refractivity contribution in [2.45, 2.75) is 6.92 Å². The summed E-state index contributed by atoms with van der Waals surface area (Å²) in [6.45, 7) is 2.04. The molecule has 0 spiro atoms. The Morgan fingerprint density at radius 1 is 1.00 bits per heavy atom. The molecular formula is C24H18ClN3O. The van der Waals surface area contributed by atoms with Crippen LogP contribution >= 0.6 is 11.6 Å². The molecule has 0 bridgehead atoms. The molecule has 5 heteroatoms. The number of halogens is 1. The second-order valence-corrected chi connectivity index (χ2v) is 7.07. The van der Waals surface area contributed by atoms with E-state index in [1.54, 1.807) is 12.1 Å². The lowest BCUT2D eigenvalue weighted by Crippen LogP contribution is -2.18. The van der Waals surface area contributed by atoms with Crippen molar-refractivity contribution in [3.63, 3.8) is 0 Å². The summed E-state index contributed by atoms with van der Waals surface area (Å²) in [5, 5.41) is 5.41. The normalized spacial score (nSPS) is 11.1. The molecule has 142 valence electrons. The van der Waals surface area contributed by atoms with Crippen LogP contribution in [0, 0.1) is 6.92 Å². The summed E-state index contributed by atoms with van der Waals surface area (Å²) < 4.78 is 0. The highest BCUT2D eigenvalue weighted by Crippen LogP contribution is 2.25. The van der Waals surface area contributed by atoms with E-state index in [0.29, 0.717) is 10.6 Å². The van der Waals surface area contributed by atoms with Crippen LogP contribution in [-0.4, -0.2) is 17.1 Å². The number of aryl methyl sites for hydroxylation is 1. The summed E-state index contributed by atoms with van der Waals surface area (Å²) in [6.07, 6.45) is 1.53. The van der Waals surface area contributed by atoms with E-state index in [2.05, 4.69) is 10.5 Å². The second-order valence-electron chi connectivity index (χ2n) is 6.66. The number of hydrogen-bond acceptors (Lipinski definition) is 3. The van der Waals surface area contributed by atoms with Crippen LogP contribution in [0.1, 0.15) is 21.5 Å². The molecule has 0 fully saturated rings. The van der Waals surface area contributed by atoms with Gasteiger partial charge in [-0.05, 0) is 25.1 Å². The van der Waals surface area contributed by atoms with Crippen molar-refractivity contribution in [2.75, 3.05) is 0 Å². The Kier molecular flexibility index (Phi) is 5.36. The number of para-hydroxylation sites is 1. The third-order valence-electron chi connectivity index (χ3n) is 4.58. The van der Waals surface area contributed by atoms with Gasteiger partial charge in [0, 0.05) is 21.5 Å². The first-order valence-electron chi connectivity index (χ1n) is 9.16. The molecule has 0 saturated carbocycles. The number of nitrogens with zero attached hydrogens (tertiary/aromatic N) is 2. The Morgan fingerprint density at radius 3 is 2.52 bits per heavy atom. The number of hydrogen-bond donors (Lipinski definition) is 1. The van der Waals surface area contributed by atoms with Crippen LogP contribution in [-0.2, 0) is 0 Å². The molecule has 3 aromatic carbocycles. The molecule has 0 unspecified atom stereocenters. The van der Waals surface area contributed by atoms with Crippen LogP contribution in [0.4, 0.5) is 0 Å².